The third-order valence-electron chi connectivity index (χ3n) is 4.37. The van der Waals surface area contributed by atoms with E-state index in [1.807, 2.05) is 6.20 Å². The van der Waals surface area contributed by atoms with Crippen molar-refractivity contribution in [3.63, 3.8) is 0 Å². The molecule has 0 spiro atoms. The van der Waals surface area contributed by atoms with E-state index in [-0.39, 0.29) is 0 Å². The Balaban J connectivity index is 1.89. The minimum absolute atomic E-state index is 0.664. The second kappa shape index (κ2) is 4.70. The topological polar surface area (TPSA) is 45.4 Å². The van der Waals surface area contributed by atoms with Gasteiger partial charge in [0, 0.05) is 31.4 Å². The predicted octanol–water partition coefficient (Wildman–Crippen LogP) is 2.10. The number of fused-ring (bicyclic) bond motifs is 2. The van der Waals surface area contributed by atoms with Gasteiger partial charge in [-0.3, -0.25) is 9.88 Å². The van der Waals surface area contributed by atoms with Crippen molar-refractivity contribution < 1.29 is 0 Å². The maximum absolute atomic E-state index is 6.09. The van der Waals surface area contributed by atoms with Crippen LogP contribution in [-0.2, 0) is 0 Å². The average Bonchev–Trinajstić information content (AvgIpc) is 2.56. The van der Waals surface area contributed by atoms with Crippen LogP contribution in [0.1, 0.15) is 19.3 Å². The van der Waals surface area contributed by atoms with E-state index in [1.165, 1.54) is 19.3 Å². The molecule has 1 aromatic rings. The fourth-order valence-corrected chi connectivity index (χ4v) is 3.89. The van der Waals surface area contributed by atoms with Crippen LogP contribution >= 0.6 is 15.9 Å². The van der Waals surface area contributed by atoms with Crippen molar-refractivity contribution in [2.75, 3.05) is 30.8 Å². The van der Waals surface area contributed by atoms with E-state index in [0.29, 0.717) is 6.04 Å². The summed E-state index contributed by atoms with van der Waals surface area (Å²) in [6.07, 6.45) is 7.45. The van der Waals surface area contributed by atoms with Crippen LogP contribution in [-0.4, -0.2) is 42.1 Å². The first kappa shape index (κ1) is 12.2. The van der Waals surface area contributed by atoms with Gasteiger partial charge in [0.15, 0.2) is 0 Å². The zero-order valence-electron chi connectivity index (χ0n) is 10.6. The van der Waals surface area contributed by atoms with E-state index < -0.39 is 0 Å². The van der Waals surface area contributed by atoms with E-state index in [1.54, 1.807) is 6.20 Å². The van der Waals surface area contributed by atoms with Crippen molar-refractivity contribution in [3.8, 4) is 0 Å². The van der Waals surface area contributed by atoms with Gasteiger partial charge in [0.2, 0.25) is 0 Å². The Kier molecular flexibility index (Phi) is 3.20. The van der Waals surface area contributed by atoms with E-state index in [0.717, 1.165) is 35.0 Å². The summed E-state index contributed by atoms with van der Waals surface area (Å²) < 4.78 is 1.00. The molecule has 2 unspecified atom stereocenters. The van der Waals surface area contributed by atoms with Crippen molar-refractivity contribution in [2.45, 2.75) is 31.3 Å². The molecule has 2 atom stereocenters. The van der Waals surface area contributed by atoms with Gasteiger partial charge in [0.1, 0.15) is 0 Å². The van der Waals surface area contributed by atoms with Gasteiger partial charge in [-0.2, -0.15) is 0 Å². The number of rotatable bonds is 1. The van der Waals surface area contributed by atoms with Crippen LogP contribution in [0.5, 0.6) is 0 Å². The van der Waals surface area contributed by atoms with Crippen molar-refractivity contribution in [3.05, 3.63) is 16.9 Å². The van der Waals surface area contributed by atoms with E-state index in [2.05, 4.69) is 37.8 Å². The van der Waals surface area contributed by atoms with Crippen LogP contribution < -0.4 is 10.6 Å². The van der Waals surface area contributed by atoms with E-state index in [4.69, 9.17) is 5.73 Å². The summed E-state index contributed by atoms with van der Waals surface area (Å²) in [6, 6.07) is 1.42. The zero-order chi connectivity index (χ0) is 12.7. The zero-order valence-corrected chi connectivity index (χ0v) is 12.2. The molecule has 1 aromatic heterocycles. The van der Waals surface area contributed by atoms with Gasteiger partial charge in [-0.1, -0.05) is 0 Å². The molecule has 5 heteroatoms. The fraction of sp³-hybridized carbons (Fsp3) is 0.615. The lowest BCUT2D eigenvalue weighted by molar-refractivity contribution is 0.254. The van der Waals surface area contributed by atoms with Crippen LogP contribution in [0.25, 0.3) is 0 Å². The Hall–Kier alpha value is -0.810. The van der Waals surface area contributed by atoms with Crippen LogP contribution in [0, 0.1) is 0 Å². The van der Waals surface area contributed by atoms with Gasteiger partial charge in [-0.25, -0.2) is 0 Å². The highest BCUT2D eigenvalue weighted by Gasteiger charge is 2.35. The number of nitrogen functional groups attached to an aromatic ring is 1. The number of likely N-dealkylation sites (N-methyl/N-ethyl adjacent to an activating group) is 1. The Labute approximate surface area is 116 Å². The number of hydrogen-bond donors (Lipinski definition) is 1. The van der Waals surface area contributed by atoms with Crippen LogP contribution in [0.15, 0.2) is 16.9 Å². The summed E-state index contributed by atoms with van der Waals surface area (Å²) in [5, 5.41) is 0. The number of halogens is 1. The Morgan fingerprint density at radius 2 is 2.06 bits per heavy atom. The quantitative estimate of drug-likeness (QED) is 0.863. The first-order valence-electron chi connectivity index (χ1n) is 6.52. The van der Waals surface area contributed by atoms with Crippen LogP contribution in [0.3, 0.4) is 0 Å². The second-order valence-corrected chi connectivity index (χ2v) is 6.20. The van der Waals surface area contributed by atoms with Gasteiger partial charge < -0.3 is 10.6 Å². The Morgan fingerprint density at radius 1 is 1.28 bits per heavy atom. The molecule has 0 aliphatic carbocycles. The maximum Gasteiger partial charge on any atom is 0.0776 e. The lowest BCUT2D eigenvalue weighted by atomic mass is 10.1. The first-order chi connectivity index (χ1) is 8.66. The summed E-state index contributed by atoms with van der Waals surface area (Å²) in [4.78, 5) is 9.08. The normalized spacial score (nSPS) is 28.4. The van der Waals surface area contributed by atoms with Gasteiger partial charge in [0.05, 0.1) is 22.0 Å². The van der Waals surface area contributed by atoms with Crippen LogP contribution in [0.4, 0.5) is 11.4 Å². The predicted molar refractivity (Wildman–Crippen MR) is 77.8 cm³/mol. The molecule has 0 radical (unpaired) electrons. The van der Waals surface area contributed by atoms with E-state index in [9.17, 15) is 0 Å². The summed E-state index contributed by atoms with van der Waals surface area (Å²) in [6.45, 7) is 2.15. The van der Waals surface area contributed by atoms with Crippen molar-refractivity contribution in [2.24, 2.45) is 0 Å². The number of hydrogen-bond acceptors (Lipinski definition) is 4. The lowest BCUT2D eigenvalue weighted by Gasteiger charge is -2.29. The van der Waals surface area contributed by atoms with Gasteiger partial charge in [-0.15, -0.1) is 0 Å². The molecule has 0 amide bonds. The SMILES string of the molecule is CN1C2CCC1CN(c1c(N)cncc1Br)CC2. The minimum atomic E-state index is 0.664. The highest BCUT2D eigenvalue weighted by Crippen LogP contribution is 2.36. The molecule has 98 valence electrons. The molecular weight excluding hydrogens is 292 g/mol. The summed E-state index contributed by atoms with van der Waals surface area (Å²) in [5.74, 6) is 0. The van der Waals surface area contributed by atoms with E-state index >= 15 is 0 Å². The molecule has 2 bridgehead atoms. The smallest absolute Gasteiger partial charge is 0.0776 e. The third kappa shape index (κ3) is 1.99. The molecule has 2 N–H and O–H groups in total. The third-order valence-corrected chi connectivity index (χ3v) is 4.95. The first-order valence-corrected chi connectivity index (χ1v) is 7.32. The molecule has 2 saturated heterocycles. The molecule has 3 rings (SSSR count). The monoisotopic (exact) mass is 310 g/mol. The molecule has 2 fully saturated rings. The van der Waals surface area contributed by atoms with Gasteiger partial charge in [-0.05, 0) is 42.2 Å². The Bertz CT molecular complexity index is 430. The molecule has 18 heavy (non-hydrogen) atoms. The second-order valence-electron chi connectivity index (χ2n) is 5.34. The van der Waals surface area contributed by atoms with Crippen LogP contribution in [0.2, 0.25) is 0 Å². The fourth-order valence-electron chi connectivity index (χ4n) is 3.29. The van der Waals surface area contributed by atoms with Crippen molar-refractivity contribution in [1.82, 2.24) is 9.88 Å². The van der Waals surface area contributed by atoms with Gasteiger partial charge >= 0.3 is 0 Å². The standard InChI is InChI=1S/C13H19BrN4/c1-17-9-2-3-10(17)8-18(5-4-9)13-11(14)6-16-7-12(13)15/h6-7,9-10H,2-5,8,15H2,1H3. The lowest BCUT2D eigenvalue weighted by Crippen LogP contribution is -2.37. The number of aromatic nitrogens is 1. The largest absolute Gasteiger partial charge is 0.396 e. The maximum atomic E-state index is 6.09. The molecule has 0 aromatic carbocycles. The summed E-state index contributed by atoms with van der Waals surface area (Å²) in [5.41, 5.74) is 7.97. The highest BCUT2D eigenvalue weighted by molar-refractivity contribution is 9.10. The number of nitrogens with zero attached hydrogens (tertiary/aromatic N) is 3. The van der Waals surface area contributed by atoms with Gasteiger partial charge in [0.25, 0.3) is 0 Å². The molecular formula is C13H19BrN4. The highest BCUT2D eigenvalue weighted by atomic mass is 79.9. The summed E-state index contributed by atoms with van der Waals surface area (Å²) in [7, 11) is 2.26. The molecule has 2 aliphatic heterocycles. The minimum Gasteiger partial charge on any atom is -0.396 e. The molecule has 4 nitrogen and oxygen atoms in total. The number of anilines is 2. The Morgan fingerprint density at radius 3 is 2.83 bits per heavy atom. The average molecular weight is 311 g/mol. The summed E-state index contributed by atoms with van der Waals surface area (Å²) >= 11 is 3.58. The molecule has 3 heterocycles. The van der Waals surface area contributed by atoms with Crippen molar-refractivity contribution >= 4 is 27.3 Å². The molecule has 0 saturated carbocycles. The number of pyridine rings is 1. The number of nitrogens with two attached hydrogens (primary N) is 1. The van der Waals surface area contributed by atoms with Crippen molar-refractivity contribution in [1.29, 1.82) is 0 Å². The molecule has 2 aliphatic rings.